The molecule has 0 aliphatic rings. The topological polar surface area (TPSA) is 50.9 Å². The van der Waals surface area contributed by atoms with Crippen molar-refractivity contribution >= 4 is 5.82 Å². The molecule has 0 spiro atoms. The van der Waals surface area contributed by atoms with Crippen LogP contribution in [-0.2, 0) is 0 Å². The Morgan fingerprint density at radius 2 is 1.67 bits per heavy atom. The molecule has 0 aliphatic carbocycles. The van der Waals surface area contributed by atoms with Gasteiger partial charge in [-0.25, -0.2) is 15.2 Å². The number of anilines is 1. The predicted octanol–water partition coefficient (Wildman–Crippen LogP) is 2.17. The molecule has 0 fully saturated rings. The van der Waals surface area contributed by atoms with Crippen LogP contribution >= 0.6 is 0 Å². The lowest BCUT2D eigenvalue weighted by molar-refractivity contribution is 0.628. The molecule has 2 rings (SSSR count). The van der Waals surface area contributed by atoms with Gasteiger partial charge in [-0.2, -0.15) is 0 Å². The number of pyridine rings is 1. The molecule has 3 nitrogen and oxygen atoms in total. The first kappa shape index (κ1) is 9.61. The van der Waals surface area contributed by atoms with Crippen molar-refractivity contribution in [2.24, 2.45) is 5.84 Å². The minimum Gasteiger partial charge on any atom is -0.308 e. The van der Waals surface area contributed by atoms with Gasteiger partial charge in [0, 0.05) is 11.8 Å². The molecule has 0 amide bonds. The minimum absolute atomic E-state index is 0.244. The summed E-state index contributed by atoms with van der Waals surface area (Å²) < 4.78 is 12.7. The van der Waals surface area contributed by atoms with Gasteiger partial charge in [-0.15, -0.1) is 0 Å². The summed E-state index contributed by atoms with van der Waals surface area (Å²) in [5.74, 6) is 5.55. The third-order valence-electron chi connectivity index (χ3n) is 2.09. The van der Waals surface area contributed by atoms with E-state index in [1.807, 2.05) is 6.07 Å². The molecule has 0 aliphatic heterocycles. The summed E-state index contributed by atoms with van der Waals surface area (Å²) in [6.45, 7) is 0. The summed E-state index contributed by atoms with van der Waals surface area (Å²) in [7, 11) is 0. The Bertz CT molecular complexity index is 436. The quantitative estimate of drug-likeness (QED) is 0.581. The van der Waals surface area contributed by atoms with Gasteiger partial charge in [0.2, 0.25) is 0 Å². The Morgan fingerprint density at radius 1 is 1.00 bits per heavy atom. The molecule has 0 unspecified atom stereocenters. The van der Waals surface area contributed by atoms with E-state index in [0.29, 0.717) is 5.82 Å². The fourth-order valence-electron chi connectivity index (χ4n) is 1.29. The minimum atomic E-state index is -0.244. The standard InChI is InChI=1S/C11H10FN3/c12-10-4-1-8(2-5-10)9-3-6-11(15-13)14-7-9/h1-7H,13H2,(H,14,15). The highest BCUT2D eigenvalue weighted by Gasteiger charge is 1.98. The van der Waals surface area contributed by atoms with Gasteiger partial charge in [-0.1, -0.05) is 12.1 Å². The van der Waals surface area contributed by atoms with E-state index in [2.05, 4.69) is 10.4 Å². The van der Waals surface area contributed by atoms with E-state index >= 15 is 0 Å². The zero-order chi connectivity index (χ0) is 10.7. The summed E-state index contributed by atoms with van der Waals surface area (Å²) >= 11 is 0. The van der Waals surface area contributed by atoms with Crippen LogP contribution in [0.15, 0.2) is 42.6 Å². The van der Waals surface area contributed by atoms with Gasteiger partial charge >= 0.3 is 0 Å². The van der Waals surface area contributed by atoms with Crippen LogP contribution in [-0.4, -0.2) is 4.98 Å². The van der Waals surface area contributed by atoms with Crippen molar-refractivity contribution in [3.63, 3.8) is 0 Å². The monoisotopic (exact) mass is 203 g/mol. The highest BCUT2D eigenvalue weighted by molar-refractivity contribution is 5.63. The Balaban J connectivity index is 2.33. The number of halogens is 1. The molecule has 0 saturated heterocycles. The van der Waals surface area contributed by atoms with Crippen LogP contribution in [0.25, 0.3) is 11.1 Å². The number of aromatic nitrogens is 1. The van der Waals surface area contributed by atoms with Crippen molar-refractivity contribution in [2.45, 2.75) is 0 Å². The zero-order valence-electron chi connectivity index (χ0n) is 7.94. The molecule has 4 heteroatoms. The van der Waals surface area contributed by atoms with Crippen LogP contribution < -0.4 is 11.3 Å². The van der Waals surface area contributed by atoms with Crippen LogP contribution in [0.2, 0.25) is 0 Å². The van der Waals surface area contributed by atoms with Crippen LogP contribution in [0.1, 0.15) is 0 Å². The molecule has 1 aromatic heterocycles. The van der Waals surface area contributed by atoms with Gasteiger partial charge in [-0.05, 0) is 29.8 Å². The maximum atomic E-state index is 12.7. The number of nitrogens with one attached hydrogen (secondary N) is 1. The average molecular weight is 203 g/mol. The van der Waals surface area contributed by atoms with Crippen LogP contribution in [0.4, 0.5) is 10.2 Å². The number of nitrogen functional groups attached to an aromatic ring is 1. The second-order valence-electron chi connectivity index (χ2n) is 3.08. The van der Waals surface area contributed by atoms with E-state index in [1.54, 1.807) is 24.4 Å². The number of nitrogens with zero attached hydrogens (tertiary/aromatic N) is 1. The number of hydrogen-bond donors (Lipinski definition) is 2. The van der Waals surface area contributed by atoms with Crippen LogP contribution in [0.3, 0.4) is 0 Å². The van der Waals surface area contributed by atoms with Gasteiger partial charge in [0.1, 0.15) is 11.6 Å². The molecular weight excluding hydrogens is 193 g/mol. The van der Waals surface area contributed by atoms with E-state index in [-0.39, 0.29) is 5.82 Å². The second-order valence-corrected chi connectivity index (χ2v) is 3.08. The van der Waals surface area contributed by atoms with E-state index in [4.69, 9.17) is 5.84 Å². The van der Waals surface area contributed by atoms with Gasteiger partial charge in [0.25, 0.3) is 0 Å². The molecule has 0 radical (unpaired) electrons. The van der Waals surface area contributed by atoms with Crippen LogP contribution in [0.5, 0.6) is 0 Å². The average Bonchev–Trinajstić information content (AvgIpc) is 2.30. The molecule has 0 bridgehead atoms. The summed E-state index contributed by atoms with van der Waals surface area (Å²) in [6.07, 6.45) is 1.68. The summed E-state index contributed by atoms with van der Waals surface area (Å²) in [5.41, 5.74) is 4.29. The maximum absolute atomic E-state index is 12.7. The molecule has 0 atom stereocenters. The van der Waals surface area contributed by atoms with Crippen molar-refractivity contribution in [3.8, 4) is 11.1 Å². The van der Waals surface area contributed by atoms with Gasteiger partial charge < -0.3 is 5.43 Å². The molecule has 1 heterocycles. The molecular formula is C11H10FN3. The number of hydrogen-bond acceptors (Lipinski definition) is 3. The molecule has 3 N–H and O–H groups in total. The SMILES string of the molecule is NNc1ccc(-c2ccc(F)cc2)cn1. The molecule has 0 saturated carbocycles. The third kappa shape index (κ3) is 2.11. The van der Waals surface area contributed by atoms with E-state index < -0.39 is 0 Å². The predicted molar refractivity (Wildman–Crippen MR) is 57.4 cm³/mol. The number of rotatable bonds is 2. The van der Waals surface area contributed by atoms with Gasteiger partial charge in [-0.3, -0.25) is 0 Å². The Kier molecular flexibility index (Phi) is 2.60. The highest BCUT2D eigenvalue weighted by atomic mass is 19.1. The summed E-state index contributed by atoms with van der Waals surface area (Å²) in [4.78, 5) is 4.07. The van der Waals surface area contributed by atoms with Crippen molar-refractivity contribution in [1.29, 1.82) is 0 Å². The second kappa shape index (κ2) is 4.06. The largest absolute Gasteiger partial charge is 0.308 e. The molecule has 15 heavy (non-hydrogen) atoms. The van der Waals surface area contributed by atoms with Gasteiger partial charge in [0.05, 0.1) is 0 Å². The first-order valence-corrected chi connectivity index (χ1v) is 4.48. The van der Waals surface area contributed by atoms with Crippen molar-refractivity contribution in [3.05, 3.63) is 48.4 Å². The zero-order valence-corrected chi connectivity index (χ0v) is 7.94. The van der Waals surface area contributed by atoms with Crippen molar-refractivity contribution < 1.29 is 4.39 Å². The Hall–Kier alpha value is -1.94. The smallest absolute Gasteiger partial charge is 0.139 e. The first-order chi connectivity index (χ1) is 7.29. The normalized spacial score (nSPS) is 10.0. The fourth-order valence-corrected chi connectivity index (χ4v) is 1.29. The number of benzene rings is 1. The lowest BCUT2D eigenvalue weighted by Crippen LogP contribution is -2.07. The van der Waals surface area contributed by atoms with E-state index in [9.17, 15) is 4.39 Å². The third-order valence-corrected chi connectivity index (χ3v) is 2.09. The van der Waals surface area contributed by atoms with Crippen molar-refractivity contribution in [1.82, 2.24) is 4.98 Å². The Morgan fingerprint density at radius 3 is 2.20 bits per heavy atom. The summed E-state index contributed by atoms with van der Waals surface area (Å²) in [5, 5.41) is 0. The van der Waals surface area contributed by atoms with Gasteiger partial charge in [0.15, 0.2) is 0 Å². The fraction of sp³-hybridized carbons (Fsp3) is 0. The van der Waals surface area contributed by atoms with Crippen LogP contribution in [0, 0.1) is 5.82 Å². The number of nitrogens with two attached hydrogens (primary N) is 1. The summed E-state index contributed by atoms with van der Waals surface area (Å²) in [6, 6.07) is 9.90. The number of hydrazine groups is 1. The Labute approximate surface area is 86.7 Å². The first-order valence-electron chi connectivity index (χ1n) is 4.48. The molecule has 1 aromatic carbocycles. The maximum Gasteiger partial charge on any atom is 0.139 e. The highest BCUT2D eigenvalue weighted by Crippen LogP contribution is 2.19. The van der Waals surface area contributed by atoms with E-state index in [0.717, 1.165) is 11.1 Å². The van der Waals surface area contributed by atoms with Crippen molar-refractivity contribution in [2.75, 3.05) is 5.43 Å². The molecule has 2 aromatic rings. The lowest BCUT2D eigenvalue weighted by Gasteiger charge is -2.02. The molecule has 76 valence electrons. The van der Waals surface area contributed by atoms with E-state index in [1.165, 1.54) is 12.1 Å². The lowest BCUT2D eigenvalue weighted by atomic mass is 10.1.